The Labute approximate surface area is 292 Å². The van der Waals surface area contributed by atoms with E-state index in [-0.39, 0.29) is 5.78 Å². The van der Waals surface area contributed by atoms with Crippen LogP contribution in [0.3, 0.4) is 0 Å². The highest BCUT2D eigenvalue weighted by Gasteiger charge is 2.29. The second-order valence-electron chi connectivity index (χ2n) is 16.5. The van der Waals surface area contributed by atoms with E-state index in [1.807, 2.05) is 0 Å². The van der Waals surface area contributed by atoms with Gasteiger partial charge in [-0.15, -0.1) is 0 Å². The molecule has 0 spiro atoms. The normalized spacial score (nSPS) is 22.7. The summed E-state index contributed by atoms with van der Waals surface area (Å²) in [4.78, 5) is 14.9. The molecule has 0 amide bonds. The van der Waals surface area contributed by atoms with Crippen LogP contribution in [0.15, 0.2) is 24.3 Å². The Morgan fingerprint density at radius 2 is 0.542 bits per heavy atom. The molecule has 3 heteroatoms. The summed E-state index contributed by atoms with van der Waals surface area (Å²) in [5.74, 6) is 2.37. The van der Waals surface area contributed by atoms with Crippen LogP contribution in [-0.2, 0) is 0 Å². The molecule has 2 aromatic carbocycles. The van der Waals surface area contributed by atoms with Crippen molar-refractivity contribution in [3.63, 3.8) is 0 Å². The predicted molar refractivity (Wildman–Crippen MR) is 200 cm³/mol. The first-order valence-electron chi connectivity index (χ1n) is 20.9. The van der Waals surface area contributed by atoms with E-state index in [0.717, 1.165) is 84.7 Å². The van der Waals surface area contributed by atoms with Crippen molar-refractivity contribution >= 4 is 5.78 Å². The van der Waals surface area contributed by atoms with Gasteiger partial charge in [-0.25, -0.2) is 0 Å². The second kappa shape index (κ2) is 18.1. The van der Waals surface area contributed by atoms with Gasteiger partial charge in [0.2, 0.25) is 0 Å². The van der Waals surface area contributed by atoms with Crippen molar-refractivity contribution in [3.05, 3.63) is 57.6 Å². The number of benzene rings is 2. The highest BCUT2D eigenvalue weighted by atomic mass is 16.3. The summed E-state index contributed by atoms with van der Waals surface area (Å²) in [5, 5.41) is 24.0. The highest BCUT2D eigenvalue weighted by Crippen LogP contribution is 2.46. The number of phenols is 2. The van der Waals surface area contributed by atoms with E-state index in [9.17, 15) is 15.0 Å². The van der Waals surface area contributed by atoms with Crippen LogP contribution in [0, 0.1) is 0 Å². The Bertz CT molecular complexity index is 1110. The molecule has 6 rings (SSSR count). The van der Waals surface area contributed by atoms with Crippen molar-refractivity contribution in [2.75, 3.05) is 0 Å². The Morgan fingerprint density at radius 1 is 0.354 bits per heavy atom. The lowest BCUT2D eigenvalue weighted by molar-refractivity contribution is 0.103. The van der Waals surface area contributed by atoms with Gasteiger partial charge >= 0.3 is 0 Å². The summed E-state index contributed by atoms with van der Waals surface area (Å²) >= 11 is 0. The van der Waals surface area contributed by atoms with Gasteiger partial charge in [-0.3, -0.25) is 4.79 Å². The molecule has 0 heterocycles. The average molecular weight is 655 g/mol. The molecule has 0 saturated heterocycles. The van der Waals surface area contributed by atoms with E-state index in [1.165, 1.54) is 128 Å². The van der Waals surface area contributed by atoms with Crippen LogP contribution < -0.4 is 0 Å². The van der Waals surface area contributed by atoms with E-state index < -0.39 is 0 Å². The van der Waals surface area contributed by atoms with Crippen molar-refractivity contribution in [3.8, 4) is 11.5 Å². The van der Waals surface area contributed by atoms with Crippen molar-refractivity contribution in [2.45, 2.75) is 203 Å². The van der Waals surface area contributed by atoms with Crippen LogP contribution in [0.4, 0.5) is 0 Å². The van der Waals surface area contributed by atoms with Crippen LogP contribution in [-0.4, -0.2) is 16.0 Å². The Kier molecular flexibility index (Phi) is 13.4. The lowest BCUT2D eigenvalue weighted by Crippen LogP contribution is -2.13. The molecule has 0 atom stereocenters. The molecule has 4 saturated carbocycles. The van der Waals surface area contributed by atoms with Gasteiger partial charge in [0.15, 0.2) is 5.78 Å². The zero-order chi connectivity index (χ0) is 33.1. The third kappa shape index (κ3) is 9.08. The molecule has 264 valence electrons. The van der Waals surface area contributed by atoms with Gasteiger partial charge in [0, 0.05) is 11.1 Å². The van der Waals surface area contributed by atoms with Gasteiger partial charge < -0.3 is 10.2 Å². The monoisotopic (exact) mass is 655 g/mol. The second-order valence-corrected chi connectivity index (χ2v) is 16.5. The van der Waals surface area contributed by atoms with Crippen LogP contribution in [0.25, 0.3) is 0 Å². The SMILES string of the molecule is O=C(c1cc(C2CCCCCCC2)c(O)c(C2CCCCCCC2)c1)c1cc(C2CCCCCCC2)c(O)c(C2CCCCCCC2)c1. The number of ketones is 1. The minimum atomic E-state index is 0.0911. The fourth-order valence-electron chi connectivity index (χ4n) is 10.1. The van der Waals surface area contributed by atoms with Gasteiger partial charge in [-0.1, -0.05) is 128 Å². The van der Waals surface area contributed by atoms with Crippen molar-refractivity contribution in [1.82, 2.24) is 0 Å². The standard InChI is InChI=1S/C45H66O3/c46-43(37-29-39(33-21-13-5-1-6-14-22-33)44(47)40(30-37)34-23-15-7-2-8-16-24-34)38-31-41(35-25-17-9-3-10-18-26-35)45(48)42(32-38)36-27-19-11-4-12-20-28-36/h29-36,47-48H,1-28H2. The van der Waals surface area contributed by atoms with Gasteiger partial charge in [-0.05, 0) is 122 Å². The first-order valence-corrected chi connectivity index (χ1v) is 20.9. The predicted octanol–water partition coefficient (Wildman–Crippen LogP) is 13.6. The van der Waals surface area contributed by atoms with Crippen LogP contribution in [0.1, 0.15) is 242 Å². The van der Waals surface area contributed by atoms with E-state index >= 15 is 0 Å². The molecule has 4 aliphatic carbocycles. The van der Waals surface area contributed by atoms with Gasteiger partial charge in [-0.2, -0.15) is 0 Å². The number of aromatic hydroxyl groups is 2. The molecule has 4 fully saturated rings. The summed E-state index contributed by atoms with van der Waals surface area (Å²) in [6, 6.07) is 8.42. The molecular weight excluding hydrogens is 588 g/mol. The minimum Gasteiger partial charge on any atom is -0.507 e. The third-order valence-electron chi connectivity index (χ3n) is 13.0. The summed E-state index contributed by atoms with van der Waals surface area (Å²) in [7, 11) is 0. The summed E-state index contributed by atoms with van der Waals surface area (Å²) in [6.45, 7) is 0. The first kappa shape index (κ1) is 35.5. The number of carbonyl (C=O) groups is 1. The lowest BCUT2D eigenvalue weighted by Gasteiger charge is -2.28. The average Bonchev–Trinajstić information content (AvgIpc) is 3.02. The van der Waals surface area contributed by atoms with Crippen LogP contribution in [0.5, 0.6) is 11.5 Å². The zero-order valence-corrected chi connectivity index (χ0v) is 30.2. The van der Waals surface area contributed by atoms with Crippen molar-refractivity contribution in [1.29, 1.82) is 0 Å². The maximum absolute atomic E-state index is 14.9. The van der Waals surface area contributed by atoms with E-state index in [4.69, 9.17) is 0 Å². The molecule has 2 N–H and O–H groups in total. The fourth-order valence-corrected chi connectivity index (χ4v) is 10.1. The highest BCUT2D eigenvalue weighted by molar-refractivity contribution is 6.09. The van der Waals surface area contributed by atoms with Gasteiger partial charge in [0.05, 0.1) is 0 Å². The molecule has 48 heavy (non-hydrogen) atoms. The molecule has 0 aliphatic heterocycles. The molecule has 4 aliphatic rings. The molecule has 0 radical (unpaired) electrons. The number of carbonyl (C=O) groups excluding carboxylic acids is 1. The zero-order valence-electron chi connectivity index (χ0n) is 30.2. The molecule has 2 aromatic rings. The van der Waals surface area contributed by atoms with Crippen LogP contribution >= 0.6 is 0 Å². The Balaban J connectivity index is 1.43. The van der Waals surface area contributed by atoms with Gasteiger partial charge in [0.1, 0.15) is 11.5 Å². The maximum Gasteiger partial charge on any atom is 0.193 e. The molecule has 0 bridgehead atoms. The quantitative estimate of drug-likeness (QED) is 0.305. The topological polar surface area (TPSA) is 57.5 Å². The molecular formula is C45H66O3. The fraction of sp³-hybridized carbons (Fsp3) is 0.711. The van der Waals surface area contributed by atoms with Crippen LogP contribution in [0.2, 0.25) is 0 Å². The molecule has 3 nitrogen and oxygen atoms in total. The number of hydrogen-bond donors (Lipinski definition) is 2. The minimum absolute atomic E-state index is 0.0911. The van der Waals surface area contributed by atoms with E-state index in [1.54, 1.807) is 0 Å². The van der Waals surface area contributed by atoms with E-state index in [2.05, 4.69) is 24.3 Å². The number of hydrogen-bond acceptors (Lipinski definition) is 3. The van der Waals surface area contributed by atoms with E-state index in [0.29, 0.717) is 35.2 Å². The number of phenolic OH excluding ortho intramolecular Hbond substituents is 2. The Hall–Kier alpha value is -2.29. The first-order chi connectivity index (χ1) is 23.6. The van der Waals surface area contributed by atoms with Crippen molar-refractivity contribution in [2.24, 2.45) is 0 Å². The summed E-state index contributed by atoms with van der Waals surface area (Å²) in [5.41, 5.74) is 5.69. The van der Waals surface area contributed by atoms with Gasteiger partial charge in [0.25, 0.3) is 0 Å². The largest absolute Gasteiger partial charge is 0.507 e. The lowest BCUT2D eigenvalue weighted by atomic mass is 9.78. The summed E-state index contributed by atoms with van der Waals surface area (Å²) in [6.07, 6.45) is 33.9. The smallest absolute Gasteiger partial charge is 0.193 e. The summed E-state index contributed by atoms with van der Waals surface area (Å²) < 4.78 is 0. The third-order valence-corrected chi connectivity index (χ3v) is 13.0. The number of rotatable bonds is 6. The Morgan fingerprint density at radius 3 is 0.750 bits per heavy atom. The molecule has 0 aromatic heterocycles. The van der Waals surface area contributed by atoms with Crippen molar-refractivity contribution < 1.29 is 15.0 Å². The molecule has 0 unspecified atom stereocenters. The maximum atomic E-state index is 14.9.